The smallest absolute Gasteiger partial charge is 0.181 e. The summed E-state index contributed by atoms with van der Waals surface area (Å²) in [6, 6.07) is 16.1. The minimum atomic E-state index is 0.640. The van der Waals surface area contributed by atoms with Crippen molar-refractivity contribution in [1.29, 1.82) is 0 Å². The number of thiazole rings is 2. The molecule has 0 bridgehead atoms. The lowest BCUT2D eigenvalue weighted by Crippen LogP contribution is -1.78. The van der Waals surface area contributed by atoms with Crippen molar-refractivity contribution in [2.24, 2.45) is 0 Å². The summed E-state index contributed by atoms with van der Waals surface area (Å²) in [5, 5.41) is 1.78. The van der Waals surface area contributed by atoms with Crippen LogP contribution in [0, 0.1) is 6.92 Å². The molecule has 2 aromatic heterocycles. The van der Waals surface area contributed by atoms with E-state index < -0.39 is 0 Å². The fourth-order valence-electron chi connectivity index (χ4n) is 1.88. The van der Waals surface area contributed by atoms with Gasteiger partial charge in [0.25, 0.3) is 0 Å². The van der Waals surface area contributed by atoms with Crippen LogP contribution in [0.15, 0.2) is 48.5 Å². The van der Waals surface area contributed by atoms with E-state index in [1.165, 1.54) is 16.0 Å². The first kappa shape index (κ1) is 16.4. The van der Waals surface area contributed by atoms with Crippen molar-refractivity contribution < 1.29 is 0 Å². The number of aromatic nitrogens is 2. The van der Waals surface area contributed by atoms with Gasteiger partial charge < -0.3 is 5.73 Å². The third-order valence-corrected chi connectivity index (χ3v) is 4.53. The number of anilines is 1. The molecule has 0 spiro atoms. The summed E-state index contributed by atoms with van der Waals surface area (Å²) in [6.45, 7) is 6.03. The Morgan fingerprint density at radius 1 is 0.773 bits per heavy atom. The van der Waals surface area contributed by atoms with E-state index in [1.807, 2.05) is 63.2 Å². The zero-order valence-corrected chi connectivity index (χ0v) is 14.5. The second-order valence-corrected chi connectivity index (χ2v) is 6.52. The third-order valence-electron chi connectivity index (χ3n) is 2.71. The molecule has 22 heavy (non-hydrogen) atoms. The Kier molecular flexibility index (Phi) is 5.86. The average molecular weight is 329 g/mol. The van der Waals surface area contributed by atoms with E-state index >= 15 is 0 Å². The van der Waals surface area contributed by atoms with Crippen LogP contribution < -0.4 is 5.73 Å². The van der Waals surface area contributed by atoms with E-state index in [1.54, 1.807) is 11.3 Å². The van der Waals surface area contributed by atoms with Gasteiger partial charge in [0.1, 0.15) is 0 Å². The minimum Gasteiger partial charge on any atom is -0.375 e. The lowest BCUT2D eigenvalue weighted by molar-refractivity contribution is 1.35. The highest BCUT2D eigenvalue weighted by Gasteiger charge is 1.96. The number of benzene rings is 2. The predicted molar refractivity (Wildman–Crippen MR) is 99.7 cm³/mol. The lowest BCUT2D eigenvalue weighted by atomic mass is 10.3. The van der Waals surface area contributed by atoms with Gasteiger partial charge in [-0.05, 0) is 31.2 Å². The highest BCUT2D eigenvalue weighted by Crippen LogP contribution is 2.22. The maximum atomic E-state index is 5.50. The first-order valence-electron chi connectivity index (χ1n) is 7.15. The van der Waals surface area contributed by atoms with Crippen LogP contribution in [-0.4, -0.2) is 9.97 Å². The molecular formula is C17H19N3S2. The molecule has 3 nitrogen and oxygen atoms in total. The van der Waals surface area contributed by atoms with Crippen molar-refractivity contribution in [2.45, 2.75) is 20.8 Å². The summed E-state index contributed by atoms with van der Waals surface area (Å²) < 4.78 is 2.43. The number of hydrogen-bond acceptors (Lipinski definition) is 5. The van der Waals surface area contributed by atoms with Crippen LogP contribution in [0.1, 0.15) is 18.9 Å². The normalized spacial score (nSPS) is 9.77. The van der Waals surface area contributed by atoms with Crippen LogP contribution >= 0.6 is 22.7 Å². The molecule has 5 heteroatoms. The molecule has 0 radical (unpaired) electrons. The molecule has 114 valence electrons. The SMILES string of the molecule is CC.Cc1nc2ccccc2s1.Nc1nc2ccccc2s1. The van der Waals surface area contributed by atoms with Gasteiger partial charge in [-0.25, -0.2) is 9.97 Å². The molecule has 0 aliphatic carbocycles. The van der Waals surface area contributed by atoms with Gasteiger partial charge in [0, 0.05) is 0 Å². The van der Waals surface area contributed by atoms with Gasteiger partial charge in [0.2, 0.25) is 0 Å². The fraction of sp³-hybridized carbons (Fsp3) is 0.176. The maximum absolute atomic E-state index is 5.50. The molecule has 0 fully saturated rings. The number of para-hydroxylation sites is 2. The molecule has 2 heterocycles. The summed E-state index contributed by atoms with van der Waals surface area (Å²) in [7, 11) is 0. The molecule has 2 aromatic carbocycles. The van der Waals surface area contributed by atoms with E-state index in [2.05, 4.69) is 16.0 Å². The van der Waals surface area contributed by atoms with Gasteiger partial charge in [0.05, 0.1) is 25.4 Å². The molecule has 0 amide bonds. The molecule has 0 saturated heterocycles. The summed E-state index contributed by atoms with van der Waals surface area (Å²) in [6.07, 6.45) is 0. The number of fused-ring (bicyclic) bond motifs is 2. The molecule has 4 rings (SSSR count). The maximum Gasteiger partial charge on any atom is 0.181 e. The Hall–Kier alpha value is -1.98. The molecule has 4 aromatic rings. The van der Waals surface area contributed by atoms with Crippen LogP contribution in [0.4, 0.5) is 5.13 Å². The fourth-order valence-corrected chi connectivity index (χ4v) is 3.44. The van der Waals surface area contributed by atoms with Crippen LogP contribution in [0.25, 0.3) is 20.4 Å². The molecule has 2 N–H and O–H groups in total. The zero-order valence-electron chi connectivity index (χ0n) is 12.9. The molecule has 0 aliphatic rings. The Bertz CT molecular complexity index is 711. The summed E-state index contributed by atoms with van der Waals surface area (Å²) in [5.74, 6) is 0. The third kappa shape index (κ3) is 4.02. The van der Waals surface area contributed by atoms with Gasteiger partial charge in [-0.3, -0.25) is 0 Å². The second kappa shape index (κ2) is 7.87. The van der Waals surface area contributed by atoms with Crippen molar-refractivity contribution in [3.63, 3.8) is 0 Å². The molecule has 0 saturated carbocycles. The largest absolute Gasteiger partial charge is 0.375 e. The molecule has 0 aliphatic heterocycles. The first-order chi connectivity index (χ1) is 10.7. The zero-order chi connectivity index (χ0) is 15.9. The van der Waals surface area contributed by atoms with E-state index in [0.717, 1.165) is 20.7 Å². The number of rotatable bonds is 0. The summed E-state index contributed by atoms with van der Waals surface area (Å²) in [4.78, 5) is 8.44. The molecular weight excluding hydrogens is 310 g/mol. The van der Waals surface area contributed by atoms with Gasteiger partial charge in [-0.15, -0.1) is 11.3 Å². The Morgan fingerprint density at radius 2 is 1.27 bits per heavy atom. The molecule has 0 atom stereocenters. The quantitative estimate of drug-likeness (QED) is 0.463. The second-order valence-electron chi connectivity index (χ2n) is 4.22. The van der Waals surface area contributed by atoms with Gasteiger partial charge >= 0.3 is 0 Å². The van der Waals surface area contributed by atoms with Crippen LogP contribution in [-0.2, 0) is 0 Å². The van der Waals surface area contributed by atoms with Crippen molar-refractivity contribution in [1.82, 2.24) is 9.97 Å². The summed E-state index contributed by atoms with van der Waals surface area (Å²) >= 11 is 3.26. The Labute approximate surface area is 138 Å². The van der Waals surface area contributed by atoms with Crippen molar-refractivity contribution in [3.05, 3.63) is 53.5 Å². The van der Waals surface area contributed by atoms with Crippen LogP contribution in [0.3, 0.4) is 0 Å². The van der Waals surface area contributed by atoms with Crippen molar-refractivity contribution in [3.8, 4) is 0 Å². The first-order valence-corrected chi connectivity index (χ1v) is 8.79. The van der Waals surface area contributed by atoms with Crippen LogP contribution in [0.2, 0.25) is 0 Å². The highest BCUT2D eigenvalue weighted by atomic mass is 32.1. The van der Waals surface area contributed by atoms with Gasteiger partial charge in [0.15, 0.2) is 5.13 Å². The number of aryl methyl sites for hydroxylation is 1. The van der Waals surface area contributed by atoms with Gasteiger partial charge in [-0.2, -0.15) is 0 Å². The van der Waals surface area contributed by atoms with E-state index in [-0.39, 0.29) is 0 Å². The standard InChI is InChI=1S/C8H7NS.C7H6N2S.C2H6/c1-6-9-7-4-2-3-5-8(7)10-6;8-7-9-5-3-1-2-4-6(5)10-7;1-2/h2-5H,1H3;1-4H,(H2,8,9);1-2H3. The Morgan fingerprint density at radius 3 is 1.82 bits per heavy atom. The molecule has 0 unspecified atom stereocenters. The monoisotopic (exact) mass is 329 g/mol. The number of nitrogens with zero attached hydrogens (tertiary/aromatic N) is 2. The Balaban J connectivity index is 0.000000144. The number of nitrogens with two attached hydrogens (primary N) is 1. The topological polar surface area (TPSA) is 51.8 Å². The highest BCUT2D eigenvalue weighted by molar-refractivity contribution is 7.22. The van der Waals surface area contributed by atoms with E-state index in [9.17, 15) is 0 Å². The minimum absolute atomic E-state index is 0.640. The summed E-state index contributed by atoms with van der Waals surface area (Å²) in [5.41, 5.74) is 7.60. The van der Waals surface area contributed by atoms with Gasteiger partial charge in [-0.1, -0.05) is 49.4 Å². The lowest BCUT2D eigenvalue weighted by Gasteiger charge is -1.80. The predicted octanol–water partition coefficient (Wildman–Crippen LogP) is 5.51. The van der Waals surface area contributed by atoms with Crippen LogP contribution in [0.5, 0.6) is 0 Å². The van der Waals surface area contributed by atoms with Crippen molar-refractivity contribution >= 4 is 48.2 Å². The number of nitrogen functional groups attached to an aromatic ring is 1. The number of hydrogen-bond donors (Lipinski definition) is 1. The average Bonchev–Trinajstić information content (AvgIpc) is 3.10. The van der Waals surface area contributed by atoms with E-state index in [4.69, 9.17) is 5.73 Å². The van der Waals surface area contributed by atoms with E-state index in [0.29, 0.717) is 5.13 Å². The van der Waals surface area contributed by atoms with Crippen molar-refractivity contribution in [2.75, 3.05) is 5.73 Å².